The number of ether oxygens (including phenoxy) is 1. The van der Waals surface area contributed by atoms with Gasteiger partial charge >= 0.3 is 5.97 Å². The maximum atomic E-state index is 11.7. The molecule has 0 aliphatic heterocycles. The van der Waals surface area contributed by atoms with Crippen LogP contribution in [-0.2, 0) is 4.79 Å². The molecule has 0 amide bonds. The van der Waals surface area contributed by atoms with Crippen LogP contribution in [0.25, 0.3) is 0 Å². The first kappa shape index (κ1) is 19.1. The molecule has 124 valence electrons. The highest BCUT2D eigenvalue weighted by atomic mass is 32.2. The van der Waals surface area contributed by atoms with Crippen molar-refractivity contribution < 1.29 is 9.53 Å². The van der Waals surface area contributed by atoms with E-state index in [1.807, 2.05) is 30.5 Å². The van der Waals surface area contributed by atoms with Crippen LogP contribution in [0.3, 0.4) is 0 Å². The first-order chi connectivity index (χ1) is 10.8. The van der Waals surface area contributed by atoms with Gasteiger partial charge in [-0.3, -0.25) is 4.79 Å². The van der Waals surface area contributed by atoms with Crippen LogP contribution in [0.1, 0.15) is 71.1 Å². The number of unbranched alkanes of at least 4 members (excludes halogenated alkanes) is 8. The molecule has 0 aliphatic carbocycles. The van der Waals surface area contributed by atoms with Crippen molar-refractivity contribution in [2.45, 2.75) is 76.0 Å². The Kier molecular flexibility index (Phi) is 10.9. The van der Waals surface area contributed by atoms with Gasteiger partial charge in [-0.2, -0.15) is 0 Å². The van der Waals surface area contributed by atoms with E-state index in [2.05, 4.69) is 6.92 Å². The summed E-state index contributed by atoms with van der Waals surface area (Å²) < 4.78 is 5.34. The Morgan fingerprint density at radius 3 is 2.00 bits per heavy atom. The number of carbonyl (C=O) groups is 1. The van der Waals surface area contributed by atoms with E-state index in [1.165, 1.54) is 49.8 Å². The summed E-state index contributed by atoms with van der Waals surface area (Å²) in [7, 11) is 0. The molecule has 0 spiro atoms. The fourth-order valence-corrected chi connectivity index (χ4v) is 2.81. The Bertz CT molecular complexity index is 400. The van der Waals surface area contributed by atoms with Crippen molar-refractivity contribution in [2.24, 2.45) is 0 Å². The lowest BCUT2D eigenvalue weighted by atomic mass is 10.1. The molecule has 1 rings (SSSR count). The third-order valence-electron chi connectivity index (χ3n) is 3.78. The summed E-state index contributed by atoms with van der Waals surface area (Å²) in [5.41, 5.74) is 0. The molecular weight excluding hydrogens is 292 g/mol. The fraction of sp³-hybridized carbons (Fsp3) is 0.632. The number of benzene rings is 1. The Morgan fingerprint density at radius 1 is 0.909 bits per heavy atom. The SMILES string of the molecule is CCCCCCCCCCCC(=O)Oc1ccc(SC)cc1. The Labute approximate surface area is 140 Å². The highest BCUT2D eigenvalue weighted by molar-refractivity contribution is 7.98. The van der Waals surface area contributed by atoms with Crippen LogP contribution in [0.2, 0.25) is 0 Å². The van der Waals surface area contributed by atoms with Crippen LogP contribution in [-0.4, -0.2) is 12.2 Å². The third kappa shape index (κ3) is 9.14. The molecule has 0 radical (unpaired) electrons. The second kappa shape index (κ2) is 12.6. The van der Waals surface area contributed by atoms with Gasteiger partial charge in [0, 0.05) is 11.3 Å². The highest BCUT2D eigenvalue weighted by Gasteiger charge is 2.04. The van der Waals surface area contributed by atoms with Gasteiger partial charge in [-0.05, 0) is 36.9 Å². The maximum absolute atomic E-state index is 11.7. The van der Waals surface area contributed by atoms with Gasteiger partial charge in [0.05, 0.1) is 0 Å². The molecule has 0 atom stereocenters. The zero-order chi connectivity index (χ0) is 16.0. The van der Waals surface area contributed by atoms with Gasteiger partial charge in [-0.15, -0.1) is 11.8 Å². The zero-order valence-electron chi connectivity index (χ0n) is 14.1. The third-order valence-corrected chi connectivity index (χ3v) is 4.52. The van der Waals surface area contributed by atoms with E-state index in [0.717, 1.165) is 12.8 Å². The van der Waals surface area contributed by atoms with Crippen molar-refractivity contribution in [3.63, 3.8) is 0 Å². The van der Waals surface area contributed by atoms with Crippen LogP contribution in [0.15, 0.2) is 29.2 Å². The minimum absolute atomic E-state index is 0.111. The second-order valence-corrected chi connectivity index (χ2v) is 6.61. The van der Waals surface area contributed by atoms with Crippen LogP contribution < -0.4 is 4.74 Å². The maximum Gasteiger partial charge on any atom is 0.311 e. The van der Waals surface area contributed by atoms with E-state index in [4.69, 9.17) is 4.74 Å². The van der Waals surface area contributed by atoms with Gasteiger partial charge in [0.15, 0.2) is 0 Å². The minimum Gasteiger partial charge on any atom is -0.427 e. The predicted octanol–water partition coefficient (Wildman–Crippen LogP) is 6.23. The van der Waals surface area contributed by atoms with Gasteiger partial charge in [0.2, 0.25) is 0 Å². The first-order valence-corrected chi connectivity index (χ1v) is 9.83. The number of hydrogen-bond acceptors (Lipinski definition) is 3. The van der Waals surface area contributed by atoms with Crippen LogP contribution >= 0.6 is 11.8 Å². The summed E-state index contributed by atoms with van der Waals surface area (Å²) >= 11 is 1.68. The molecule has 0 saturated heterocycles. The second-order valence-electron chi connectivity index (χ2n) is 5.73. The lowest BCUT2D eigenvalue weighted by Crippen LogP contribution is -2.07. The van der Waals surface area contributed by atoms with Gasteiger partial charge < -0.3 is 4.74 Å². The van der Waals surface area contributed by atoms with Crippen molar-refractivity contribution in [1.82, 2.24) is 0 Å². The summed E-state index contributed by atoms with van der Waals surface area (Å²) in [5.74, 6) is 0.540. The molecule has 0 N–H and O–H groups in total. The summed E-state index contributed by atoms with van der Waals surface area (Å²) in [6, 6.07) is 7.68. The molecule has 0 bridgehead atoms. The normalized spacial score (nSPS) is 10.6. The van der Waals surface area contributed by atoms with Crippen LogP contribution in [0, 0.1) is 0 Å². The molecule has 0 aromatic heterocycles. The Balaban J connectivity index is 2.01. The molecule has 0 aliphatic rings. The molecule has 3 heteroatoms. The smallest absolute Gasteiger partial charge is 0.311 e. The van der Waals surface area contributed by atoms with E-state index in [0.29, 0.717) is 12.2 Å². The molecule has 0 unspecified atom stereocenters. The van der Waals surface area contributed by atoms with E-state index in [-0.39, 0.29) is 5.97 Å². The molecule has 1 aromatic carbocycles. The Hall–Kier alpha value is -0.960. The van der Waals surface area contributed by atoms with Gasteiger partial charge in [-0.1, -0.05) is 58.3 Å². The van der Waals surface area contributed by atoms with Gasteiger partial charge in [0.1, 0.15) is 5.75 Å². The van der Waals surface area contributed by atoms with Crippen molar-refractivity contribution in [3.8, 4) is 5.75 Å². The van der Waals surface area contributed by atoms with E-state index in [9.17, 15) is 4.79 Å². The average molecular weight is 323 g/mol. The topological polar surface area (TPSA) is 26.3 Å². The minimum atomic E-state index is -0.111. The van der Waals surface area contributed by atoms with Crippen LogP contribution in [0.5, 0.6) is 5.75 Å². The molecule has 0 saturated carbocycles. The number of rotatable bonds is 12. The standard InChI is InChI=1S/C19H30O2S/c1-3-4-5-6-7-8-9-10-11-12-19(20)21-17-13-15-18(22-2)16-14-17/h13-16H,3-12H2,1-2H3. The quantitative estimate of drug-likeness (QED) is 0.197. The summed E-state index contributed by atoms with van der Waals surface area (Å²) in [5, 5.41) is 0. The highest BCUT2D eigenvalue weighted by Crippen LogP contribution is 2.19. The fourth-order valence-electron chi connectivity index (χ4n) is 2.41. The lowest BCUT2D eigenvalue weighted by Gasteiger charge is -2.05. The van der Waals surface area contributed by atoms with Gasteiger partial charge in [0.25, 0.3) is 0 Å². The molecule has 2 nitrogen and oxygen atoms in total. The van der Waals surface area contributed by atoms with E-state index in [1.54, 1.807) is 11.8 Å². The summed E-state index contributed by atoms with van der Waals surface area (Å²) in [6.07, 6.45) is 13.9. The number of hydrogen-bond donors (Lipinski definition) is 0. The van der Waals surface area contributed by atoms with E-state index >= 15 is 0 Å². The molecule has 22 heavy (non-hydrogen) atoms. The van der Waals surface area contributed by atoms with E-state index < -0.39 is 0 Å². The molecular formula is C19H30O2S. The van der Waals surface area contributed by atoms with Crippen molar-refractivity contribution in [2.75, 3.05) is 6.26 Å². The molecule has 0 fully saturated rings. The largest absolute Gasteiger partial charge is 0.427 e. The predicted molar refractivity (Wildman–Crippen MR) is 95.7 cm³/mol. The van der Waals surface area contributed by atoms with Crippen LogP contribution in [0.4, 0.5) is 0 Å². The molecule has 0 heterocycles. The molecule has 1 aromatic rings. The average Bonchev–Trinajstić information content (AvgIpc) is 2.54. The monoisotopic (exact) mass is 322 g/mol. The number of thioether (sulfide) groups is 1. The van der Waals surface area contributed by atoms with Crippen molar-refractivity contribution in [3.05, 3.63) is 24.3 Å². The summed E-state index contributed by atoms with van der Waals surface area (Å²) in [6.45, 7) is 2.25. The number of esters is 1. The van der Waals surface area contributed by atoms with Gasteiger partial charge in [-0.25, -0.2) is 0 Å². The number of carbonyl (C=O) groups excluding carboxylic acids is 1. The zero-order valence-corrected chi connectivity index (χ0v) is 14.9. The first-order valence-electron chi connectivity index (χ1n) is 8.61. The van der Waals surface area contributed by atoms with Crippen molar-refractivity contribution >= 4 is 17.7 Å². The Morgan fingerprint density at radius 2 is 1.45 bits per heavy atom. The summed E-state index contributed by atoms with van der Waals surface area (Å²) in [4.78, 5) is 12.9. The van der Waals surface area contributed by atoms with Crippen molar-refractivity contribution in [1.29, 1.82) is 0 Å². The lowest BCUT2D eigenvalue weighted by molar-refractivity contribution is -0.134.